The van der Waals surface area contributed by atoms with Crippen molar-refractivity contribution in [2.45, 2.75) is 70.3 Å². The summed E-state index contributed by atoms with van der Waals surface area (Å²) in [5.74, 6) is 7.50. The maximum atomic E-state index is 11.4. The van der Waals surface area contributed by atoms with Gasteiger partial charge in [0.25, 0.3) is 0 Å². The van der Waals surface area contributed by atoms with Crippen molar-refractivity contribution >= 4 is 6.16 Å². The standard InChI is InChI=1S/C17H26O3/c1-19-17(18)20-16(15-10-6-3-7-11-15)13-12-14-8-4-2-5-9-14/h14-16H,2-11H2,1H3/t16-/m1/s1. The Morgan fingerprint density at radius 2 is 1.60 bits per heavy atom. The Balaban J connectivity index is 1.97. The van der Waals surface area contributed by atoms with Crippen LogP contribution in [0.3, 0.4) is 0 Å². The fourth-order valence-electron chi connectivity index (χ4n) is 3.28. The molecule has 0 heterocycles. The van der Waals surface area contributed by atoms with Gasteiger partial charge in [0.1, 0.15) is 0 Å². The molecule has 1 atom stereocenters. The SMILES string of the molecule is COC(=O)O[C@H](C#CC1CCCCC1)C1CCCCC1. The van der Waals surface area contributed by atoms with E-state index in [4.69, 9.17) is 4.74 Å². The topological polar surface area (TPSA) is 35.5 Å². The predicted octanol–water partition coefficient (Wildman–Crippen LogP) is 4.30. The third-order valence-electron chi connectivity index (χ3n) is 4.50. The highest BCUT2D eigenvalue weighted by Crippen LogP contribution is 2.28. The summed E-state index contributed by atoms with van der Waals surface area (Å²) >= 11 is 0. The van der Waals surface area contributed by atoms with Crippen molar-refractivity contribution in [1.82, 2.24) is 0 Å². The molecule has 3 nitrogen and oxygen atoms in total. The first-order valence-electron chi connectivity index (χ1n) is 8.05. The number of rotatable bonds is 2. The van der Waals surface area contributed by atoms with Crippen LogP contribution in [0, 0.1) is 23.7 Å². The summed E-state index contributed by atoms with van der Waals surface area (Å²) in [7, 11) is 1.36. The predicted molar refractivity (Wildman–Crippen MR) is 78.2 cm³/mol. The van der Waals surface area contributed by atoms with E-state index in [0.717, 1.165) is 12.8 Å². The van der Waals surface area contributed by atoms with Gasteiger partial charge in [0.15, 0.2) is 6.10 Å². The highest BCUT2D eigenvalue weighted by Gasteiger charge is 2.26. The van der Waals surface area contributed by atoms with Gasteiger partial charge in [-0.3, -0.25) is 0 Å². The monoisotopic (exact) mass is 278 g/mol. The number of methoxy groups -OCH3 is 1. The van der Waals surface area contributed by atoms with Gasteiger partial charge in [-0.15, -0.1) is 0 Å². The quantitative estimate of drug-likeness (QED) is 0.558. The zero-order valence-electron chi connectivity index (χ0n) is 12.5. The molecule has 2 rings (SSSR count). The van der Waals surface area contributed by atoms with Crippen molar-refractivity contribution in [3.63, 3.8) is 0 Å². The molecule has 0 N–H and O–H groups in total. The minimum Gasteiger partial charge on any atom is -0.438 e. The number of ether oxygens (including phenoxy) is 2. The molecular formula is C17H26O3. The third-order valence-corrected chi connectivity index (χ3v) is 4.50. The molecule has 2 saturated carbocycles. The lowest BCUT2D eigenvalue weighted by Gasteiger charge is -2.26. The molecular weight excluding hydrogens is 252 g/mol. The lowest BCUT2D eigenvalue weighted by molar-refractivity contribution is 0.0290. The Hall–Kier alpha value is -1.17. The normalized spacial score (nSPS) is 22.4. The van der Waals surface area contributed by atoms with E-state index < -0.39 is 6.16 Å². The molecule has 0 radical (unpaired) electrons. The fraction of sp³-hybridized carbons (Fsp3) is 0.824. The Morgan fingerprint density at radius 1 is 1.00 bits per heavy atom. The minimum atomic E-state index is -0.599. The van der Waals surface area contributed by atoms with Gasteiger partial charge in [-0.25, -0.2) is 4.79 Å². The highest BCUT2D eigenvalue weighted by molar-refractivity contribution is 5.60. The van der Waals surface area contributed by atoms with Crippen molar-refractivity contribution in [2.24, 2.45) is 11.8 Å². The molecule has 0 amide bonds. The summed E-state index contributed by atoms with van der Waals surface area (Å²) in [4.78, 5) is 11.4. The second-order valence-corrected chi connectivity index (χ2v) is 6.01. The Kier molecular flexibility index (Phi) is 6.24. The first-order chi connectivity index (χ1) is 9.79. The van der Waals surface area contributed by atoms with Crippen molar-refractivity contribution < 1.29 is 14.3 Å². The molecule has 112 valence electrons. The van der Waals surface area contributed by atoms with Crippen LogP contribution in [0.25, 0.3) is 0 Å². The highest BCUT2D eigenvalue weighted by atomic mass is 16.7. The van der Waals surface area contributed by atoms with Crippen molar-refractivity contribution in [2.75, 3.05) is 7.11 Å². The Bertz CT molecular complexity index is 354. The van der Waals surface area contributed by atoms with Crippen LogP contribution < -0.4 is 0 Å². The molecule has 0 spiro atoms. The van der Waals surface area contributed by atoms with Crippen LogP contribution in [-0.2, 0) is 9.47 Å². The number of hydrogen-bond acceptors (Lipinski definition) is 3. The second-order valence-electron chi connectivity index (χ2n) is 6.01. The molecule has 2 fully saturated rings. The van der Waals surface area contributed by atoms with Gasteiger partial charge in [-0.1, -0.05) is 50.4 Å². The summed E-state index contributed by atoms with van der Waals surface area (Å²) in [5, 5.41) is 0. The van der Waals surface area contributed by atoms with Crippen molar-refractivity contribution in [1.29, 1.82) is 0 Å². The van der Waals surface area contributed by atoms with E-state index in [0.29, 0.717) is 11.8 Å². The van der Waals surface area contributed by atoms with Gasteiger partial charge in [0.05, 0.1) is 7.11 Å². The van der Waals surface area contributed by atoms with E-state index in [9.17, 15) is 4.79 Å². The maximum absolute atomic E-state index is 11.4. The van der Waals surface area contributed by atoms with Gasteiger partial charge >= 0.3 is 6.16 Å². The lowest BCUT2D eigenvalue weighted by atomic mass is 9.84. The molecule has 0 aromatic carbocycles. The van der Waals surface area contributed by atoms with Crippen LogP contribution >= 0.6 is 0 Å². The first-order valence-corrected chi connectivity index (χ1v) is 8.05. The fourth-order valence-corrected chi connectivity index (χ4v) is 3.28. The van der Waals surface area contributed by atoms with E-state index in [1.165, 1.54) is 58.5 Å². The molecule has 0 aromatic rings. The number of carbonyl (C=O) groups is 1. The summed E-state index contributed by atoms with van der Waals surface area (Å²) in [6.07, 6.45) is 11.4. The number of carbonyl (C=O) groups excluding carboxylic acids is 1. The summed E-state index contributed by atoms with van der Waals surface area (Å²) in [6, 6.07) is 0. The molecule has 2 aliphatic carbocycles. The van der Waals surface area contributed by atoms with Gasteiger partial charge in [-0.05, 0) is 25.7 Å². The van der Waals surface area contributed by atoms with Crippen LogP contribution in [0.1, 0.15) is 64.2 Å². The van der Waals surface area contributed by atoms with Gasteiger partial charge < -0.3 is 9.47 Å². The largest absolute Gasteiger partial charge is 0.509 e. The van der Waals surface area contributed by atoms with Crippen LogP contribution in [-0.4, -0.2) is 19.4 Å². The van der Waals surface area contributed by atoms with Crippen molar-refractivity contribution in [3.05, 3.63) is 0 Å². The molecule has 0 bridgehead atoms. The van der Waals surface area contributed by atoms with E-state index in [-0.39, 0.29) is 6.10 Å². The van der Waals surface area contributed by atoms with E-state index in [2.05, 4.69) is 16.6 Å². The van der Waals surface area contributed by atoms with Crippen LogP contribution in [0.2, 0.25) is 0 Å². The van der Waals surface area contributed by atoms with E-state index in [1.807, 2.05) is 0 Å². The molecule has 0 aliphatic heterocycles. The van der Waals surface area contributed by atoms with Gasteiger partial charge in [0.2, 0.25) is 0 Å². The van der Waals surface area contributed by atoms with Gasteiger partial charge in [-0.2, -0.15) is 0 Å². The average Bonchev–Trinajstić information content (AvgIpc) is 2.53. The van der Waals surface area contributed by atoms with E-state index in [1.54, 1.807) is 0 Å². The molecule has 2 aliphatic rings. The molecule has 20 heavy (non-hydrogen) atoms. The lowest BCUT2D eigenvalue weighted by Crippen LogP contribution is -2.27. The molecule has 0 saturated heterocycles. The number of hydrogen-bond donors (Lipinski definition) is 0. The molecule has 0 aromatic heterocycles. The zero-order chi connectivity index (χ0) is 14.2. The van der Waals surface area contributed by atoms with Crippen molar-refractivity contribution in [3.8, 4) is 11.8 Å². The van der Waals surface area contributed by atoms with Crippen LogP contribution in [0.4, 0.5) is 4.79 Å². The van der Waals surface area contributed by atoms with Crippen LogP contribution in [0.5, 0.6) is 0 Å². The zero-order valence-corrected chi connectivity index (χ0v) is 12.5. The Morgan fingerprint density at radius 3 is 2.20 bits per heavy atom. The summed E-state index contributed by atoms with van der Waals surface area (Å²) in [6.45, 7) is 0. The average molecular weight is 278 g/mol. The molecule has 3 heteroatoms. The van der Waals surface area contributed by atoms with Gasteiger partial charge in [0, 0.05) is 11.8 Å². The maximum Gasteiger partial charge on any atom is 0.509 e. The third kappa shape index (κ3) is 4.74. The molecule has 0 unspecified atom stereocenters. The summed E-state index contributed by atoms with van der Waals surface area (Å²) in [5.41, 5.74) is 0. The van der Waals surface area contributed by atoms with Crippen LogP contribution in [0.15, 0.2) is 0 Å². The van der Waals surface area contributed by atoms with E-state index >= 15 is 0 Å². The second kappa shape index (κ2) is 8.19. The first kappa shape index (κ1) is 15.2. The Labute approximate surface area is 122 Å². The summed E-state index contributed by atoms with van der Waals surface area (Å²) < 4.78 is 10.0. The smallest absolute Gasteiger partial charge is 0.438 e. The minimum absolute atomic E-state index is 0.273.